The van der Waals surface area contributed by atoms with Crippen LogP contribution in [0.15, 0.2) is 0 Å². The van der Waals surface area contributed by atoms with Gasteiger partial charge in [-0.15, -0.1) is 0 Å². The van der Waals surface area contributed by atoms with Gasteiger partial charge in [0.05, 0.1) is 0 Å². The van der Waals surface area contributed by atoms with Gasteiger partial charge in [0, 0.05) is 0 Å². The third-order valence-corrected chi connectivity index (χ3v) is 17.1. The monoisotopic (exact) mass is 548 g/mol. The minimum atomic E-state index is -1.48. The molecule has 0 rings (SSSR count). The van der Waals surface area contributed by atoms with Gasteiger partial charge in [-0.05, 0) is 0 Å². The van der Waals surface area contributed by atoms with Gasteiger partial charge in [-0.1, -0.05) is 0 Å². The first-order valence-electron chi connectivity index (χ1n) is 8.29. The van der Waals surface area contributed by atoms with Crippen LogP contribution in [0.2, 0.25) is 0 Å². The van der Waals surface area contributed by atoms with E-state index in [-0.39, 0.29) is 0 Å². The fraction of sp³-hybridized carbons (Fsp3) is 1.00. The predicted octanol–water partition coefficient (Wildman–Crippen LogP) is 0.483. The van der Waals surface area contributed by atoms with Gasteiger partial charge in [0.15, 0.2) is 0 Å². The topological polar surface area (TPSA) is 19.4 Å². The Kier molecular flexibility index (Phi) is 16.8. The van der Waals surface area contributed by atoms with E-state index >= 15 is 0 Å². The summed E-state index contributed by atoms with van der Waals surface area (Å²) in [5, 5.41) is 0. The first-order valence-corrected chi connectivity index (χ1v) is 15.1. The molecule has 23 heavy (non-hydrogen) atoms. The molecule has 0 atom stereocenters. The second-order valence-electron chi connectivity index (χ2n) is 6.00. The molecule has 0 aromatic heterocycles. The first kappa shape index (κ1) is 26.6. The Morgan fingerprint density at radius 3 is 0.739 bits per heavy atom. The van der Waals surface area contributed by atoms with Crippen molar-refractivity contribution in [2.24, 2.45) is 0 Å². The Labute approximate surface area is 163 Å². The van der Waals surface area contributed by atoms with E-state index in [0.29, 0.717) is 0 Å². The SMILES string of the molecule is CC[N](C)[Sb]([N](C)CC)[N](C)CC.C[N](C)[Sb]([N](C)C)[N](C)C. The molecule has 0 aromatic carbocycles. The zero-order chi connectivity index (χ0) is 18.7. The second kappa shape index (κ2) is 14.6. The normalized spacial score (nSPS) is 12.5. The average Bonchev–Trinajstić information content (AvgIpc) is 2.45. The summed E-state index contributed by atoms with van der Waals surface area (Å²) in [5.41, 5.74) is 0. The third kappa shape index (κ3) is 10.9. The van der Waals surface area contributed by atoms with Crippen molar-refractivity contribution in [3.63, 3.8) is 0 Å². The van der Waals surface area contributed by atoms with Gasteiger partial charge in [-0.3, -0.25) is 0 Å². The molecule has 0 aromatic rings. The van der Waals surface area contributed by atoms with Crippen molar-refractivity contribution >= 4 is 42.1 Å². The van der Waals surface area contributed by atoms with Crippen molar-refractivity contribution in [2.45, 2.75) is 20.8 Å². The molecule has 0 radical (unpaired) electrons. The van der Waals surface area contributed by atoms with Crippen LogP contribution >= 0.6 is 0 Å². The van der Waals surface area contributed by atoms with E-state index in [1.807, 2.05) is 0 Å². The van der Waals surface area contributed by atoms with Gasteiger partial charge in [-0.2, -0.15) is 0 Å². The zero-order valence-corrected chi connectivity index (χ0v) is 22.8. The summed E-state index contributed by atoms with van der Waals surface area (Å²) in [7, 11) is 19.7. The Morgan fingerprint density at radius 1 is 0.435 bits per heavy atom. The number of hydrogen-bond donors (Lipinski definition) is 0. The van der Waals surface area contributed by atoms with E-state index in [2.05, 4.69) is 103 Å². The molecule has 6 nitrogen and oxygen atoms in total. The summed E-state index contributed by atoms with van der Waals surface area (Å²) in [4.78, 5) is 0. The molecule has 0 spiro atoms. The van der Waals surface area contributed by atoms with E-state index in [1.165, 1.54) is 0 Å². The molecule has 0 saturated carbocycles. The van der Waals surface area contributed by atoms with Gasteiger partial charge in [-0.25, -0.2) is 0 Å². The van der Waals surface area contributed by atoms with Crippen molar-refractivity contribution in [2.75, 3.05) is 83.1 Å². The maximum absolute atomic E-state index is 2.54. The first-order chi connectivity index (χ1) is 10.5. The van der Waals surface area contributed by atoms with E-state index in [4.69, 9.17) is 0 Å². The third-order valence-electron chi connectivity index (χ3n) is 3.36. The maximum atomic E-state index is 2.54. The number of rotatable bonds is 9. The van der Waals surface area contributed by atoms with Crippen molar-refractivity contribution < 1.29 is 0 Å². The molecule has 142 valence electrons. The van der Waals surface area contributed by atoms with E-state index < -0.39 is 42.1 Å². The van der Waals surface area contributed by atoms with Crippen LogP contribution in [-0.4, -0.2) is 144 Å². The quantitative estimate of drug-likeness (QED) is 0.387. The Bertz CT molecular complexity index is 236. The zero-order valence-electron chi connectivity index (χ0n) is 17.7. The van der Waals surface area contributed by atoms with Crippen molar-refractivity contribution in [3.8, 4) is 0 Å². The molecule has 0 aliphatic rings. The van der Waals surface area contributed by atoms with Crippen molar-refractivity contribution in [1.29, 1.82) is 0 Å². The molecule has 0 N–H and O–H groups in total. The van der Waals surface area contributed by atoms with Crippen LogP contribution in [0, 0.1) is 0 Å². The Morgan fingerprint density at radius 2 is 0.652 bits per heavy atom. The molecule has 0 bridgehead atoms. The predicted molar refractivity (Wildman–Crippen MR) is 107 cm³/mol. The van der Waals surface area contributed by atoms with Crippen LogP contribution in [0.25, 0.3) is 0 Å². The molecular formula is C15H42N6Sb2. The Hall–Kier alpha value is 1.40. The van der Waals surface area contributed by atoms with Gasteiger partial charge < -0.3 is 0 Å². The standard InChI is InChI=1S/3C3H8N.3C2H6N.2Sb/c3*1-3-4-2;3*1-3-2;;/h3*3H2,1-2H3;3*1-2H3;;/q6*-1;2*+3. The van der Waals surface area contributed by atoms with E-state index in [9.17, 15) is 0 Å². The number of hydrogen-bond acceptors (Lipinski definition) is 6. The fourth-order valence-corrected chi connectivity index (χ4v) is 15.0. The molecule has 0 heterocycles. The summed E-state index contributed by atoms with van der Waals surface area (Å²) < 4.78 is 14.7. The summed E-state index contributed by atoms with van der Waals surface area (Å²) in [6.07, 6.45) is 0. The van der Waals surface area contributed by atoms with E-state index in [0.717, 1.165) is 19.6 Å². The molecule has 8 heteroatoms. The van der Waals surface area contributed by atoms with Crippen molar-refractivity contribution in [1.82, 2.24) is 18.4 Å². The molecular weight excluding hydrogens is 508 g/mol. The summed E-state index contributed by atoms with van der Waals surface area (Å²) in [5.74, 6) is 0. The average molecular weight is 550 g/mol. The van der Waals surface area contributed by atoms with Crippen LogP contribution in [0.1, 0.15) is 20.8 Å². The summed E-state index contributed by atoms with van der Waals surface area (Å²) in [6.45, 7) is 10.2. The fourth-order valence-electron chi connectivity index (χ4n) is 2.23. The van der Waals surface area contributed by atoms with Gasteiger partial charge in [0.2, 0.25) is 0 Å². The minimum absolute atomic E-state index is 1.16. The van der Waals surface area contributed by atoms with E-state index in [1.54, 1.807) is 0 Å². The van der Waals surface area contributed by atoms with Crippen LogP contribution in [-0.2, 0) is 0 Å². The molecule has 0 unspecified atom stereocenters. The Balaban J connectivity index is 0. The molecule has 0 fully saturated rings. The van der Waals surface area contributed by atoms with Crippen molar-refractivity contribution in [3.05, 3.63) is 0 Å². The molecule has 0 amide bonds. The van der Waals surface area contributed by atoms with Crippen LogP contribution in [0.4, 0.5) is 0 Å². The molecule has 0 aliphatic heterocycles. The van der Waals surface area contributed by atoms with Gasteiger partial charge in [0.25, 0.3) is 0 Å². The van der Waals surface area contributed by atoms with Crippen LogP contribution in [0.5, 0.6) is 0 Å². The van der Waals surface area contributed by atoms with Crippen LogP contribution < -0.4 is 0 Å². The van der Waals surface area contributed by atoms with Gasteiger partial charge >= 0.3 is 164 Å². The number of nitrogens with zero attached hydrogens (tertiary/aromatic N) is 6. The second-order valence-corrected chi connectivity index (χ2v) is 21.8. The summed E-state index contributed by atoms with van der Waals surface area (Å²) in [6, 6.07) is 0. The molecule has 0 aliphatic carbocycles. The molecule has 0 saturated heterocycles. The van der Waals surface area contributed by atoms with Gasteiger partial charge in [0.1, 0.15) is 0 Å². The summed E-state index contributed by atoms with van der Waals surface area (Å²) >= 11 is -2.86. The van der Waals surface area contributed by atoms with Crippen LogP contribution in [0.3, 0.4) is 0 Å².